The Morgan fingerprint density at radius 1 is 1.11 bits per heavy atom. The highest BCUT2D eigenvalue weighted by atomic mass is 16.5. The van der Waals surface area contributed by atoms with Crippen molar-refractivity contribution in [1.29, 1.82) is 0 Å². The first-order valence-electron chi connectivity index (χ1n) is 9.91. The first-order valence-corrected chi connectivity index (χ1v) is 9.91. The Kier molecular flexibility index (Phi) is 7.08. The van der Waals surface area contributed by atoms with E-state index in [2.05, 4.69) is 53.5 Å². The minimum Gasteiger partial charge on any atom is -0.496 e. The van der Waals surface area contributed by atoms with Gasteiger partial charge < -0.3 is 9.84 Å². The number of hydrogen-bond acceptors (Lipinski definition) is 3. The maximum absolute atomic E-state index is 10.1. The predicted molar refractivity (Wildman–Crippen MR) is 112 cm³/mol. The summed E-state index contributed by atoms with van der Waals surface area (Å²) in [6.07, 6.45) is 8.69. The SMILES string of the molecule is COc1ccccc1/C=C/CN1CCC[C@@](CO)(CCc2ccccc2)C1. The Labute approximate surface area is 163 Å². The van der Waals surface area contributed by atoms with Gasteiger partial charge >= 0.3 is 0 Å². The van der Waals surface area contributed by atoms with Gasteiger partial charge in [0, 0.05) is 30.7 Å². The average molecular weight is 366 g/mol. The Balaban J connectivity index is 1.58. The van der Waals surface area contributed by atoms with Crippen LogP contribution in [0.5, 0.6) is 5.75 Å². The third kappa shape index (κ3) is 5.44. The fraction of sp³-hybridized carbons (Fsp3) is 0.417. The molecule has 3 heteroatoms. The van der Waals surface area contributed by atoms with E-state index >= 15 is 0 Å². The number of nitrogens with zero attached hydrogens (tertiary/aromatic N) is 1. The molecule has 3 rings (SSSR count). The molecule has 0 radical (unpaired) electrons. The van der Waals surface area contributed by atoms with Crippen LogP contribution in [0.15, 0.2) is 60.7 Å². The second-order valence-corrected chi connectivity index (χ2v) is 7.63. The number of benzene rings is 2. The standard InChI is InChI=1S/C24H31NO2/c1-27-23-13-6-5-11-22(23)12-7-17-25-18-8-15-24(19-25,20-26)16-14-21-9-3-2-4-10-21/h2-7,9-13,26H,8,14-20H2,1H3/b12-7+/t24-/m1/s1. The quantitative estimate of drug-likeness (QED) is 0.752. The molecular weight excluding hydrogens is 334 g/mol. The molecule has 1 fully saturated rings. The molecule has 1 aliphatic heterocycles. The molecule has 1 saturated heterocycles. The minimum absolute atomic E-state index is 0.0202. The van der Waals surface area contributed by atoms with E-state index in [0.29, 0.717) is 0 Å². The zero-order valence-corrected chi connectivity index (χ0v) is 16.3. The zero-order valence-electron chi connectivity index (χ0n) is 16.3. The van der Waals surface area contributed by atoms with Gasteiger partial charge in [0.05, 0.1) is 7.11 Å². The molecule has 0 saturated carbocycles. The second kappa shape index (κ2) is 9.72. The van der Waals surface area contributed by atoms with E-state index in [1.165, 1.54) is 5.56 Å². The molecule has 3 nitrogen and oxygen atoms in total. The molecule has 1 atom stereocenters. The Bertz CT molecular complexity index is 728. The number of aliphatic hydroxyl groups excluding tert-OH is 1. The molecule has 0 unspecified atom stereocenters. The van der Waals surface area contributed by atoms with E-state index < -0.39 is 0 Å². The first kappa shape index (κ1) is 19.7. The van der Waals surface area contributed by atoms with Crippen molar-refractivity contribution in [3.05, 3.63) is 71.8 Å². The second-order valence-electron chi connectivity index (χ2n) is 7.63. The summed E-state index contributed by atoms with van der Waals surface area (Å²) in [4.78, 5) is 2.47. The van der Waals surface area contributed by atoms with Crippen LogP contribution in [0, 0.1) is 5.41 Å². The topological polar surface area (TPSA) is 32.7 Å². The van der Waals surface area contributed by atoms with Crippen LogP contribution in [0.3, 0.4) is 0 Å². The first-order chi connectivity index (χ1) is 13.2. The number of aryl methyl sites for hydroxylation is 1. The molecular formula is C24H31NO2. The molecule has 0 aliphatic carbocycles. The van der Waals surface area contributed by atoms with Crippen LogP contribution in [-0.4, -0.2) is 43.4 Å². The van der Waals surface area contributed by atoms with Gasteiger partial charge in [0.15, 0.2) is 0 Å². The molecule has 0 spiro atoms. The molecule has 2 aromatic carbocycles. The highest BCUT2D eigenvalue weighted by Crippen LogP contribution is 2.34. The van der Waals surface area contributed by atoms with Gasteiger partial charge in [0.1, 0.15) is 5.75 Å². The van der Waals surface area contributed by atoms with Gasteiger partial charge in [0.2, 0.25) is 0 Å². The maximum Gasteiger partial charge on any atom is 0.126 e. The van der Waals surface area contributed by atoms with Crippen LogP contribution >= 0.6 is 0 Å². The fourth-order valence-corrected chi connectivity index (χ4v) is 4.07. The Morgan fingerprint density at radius 3 is 2.67 bits per heavy atom. The molecule has 2 aromatic rings. The summed E-state index contributed by atoms with van der Waals surface area (Å²) in [5, 5.41) is 10.1. The van der Waals surface area contributed by atoms with Gasteiger partial charge in [-0.3, -0.25) is 4.90 Å². The van der Waals surface area contributed by atoms with Crippen molar-refractivity contribution in [3.63, 3.8) is 0 Å². The summed E-state index contributed by atoms with van der Waals surface area (Å²) in [7, 11) is 1.71. The lowest BCUT2D eigenvalue weighted by Gasteiger charge is -2.41. The van der Waals surface area contributed by atoms with E-state index in [9.17, 15) is 5.11 Å². The molecule has 1 N–H and O–H groups in total. The van der Waals surface area contributed by atoms with Crippen molar-refractivity contribution in [2.45, 2.75) is 25.7 Å². The average Bonchev–Trinajstić information content (AvgIpc) is 2.74. The van der Waals surface area contributed by atoms with E-state index in [1.807, 2.05) is 18.2 Å². The van der Waals surface area contributed by atoms with E-state index in [1.54, 1.807) is 7.11 Å². The van der Waals surface area contributed by atoms with E-state index in [4.69, 9.17) is 4.74 Å². The number of hydrogen-bond donors (Lipinski definition) is 1. The number of para-hydroxylation sites is 1. The van der Waals surface area contributed by atoms with Crippen LogP contribution in [0.25, 0.3) is 6.08 Å². The van der Waals surface area contributed by atoms with Crippen LogP contribution in [0.1, 0.15) is 30.4 Å². The maximum atomic E-state index is 10.1. The van der Waals surface area contributed by atoms with E-state index in [0.717, 1.165) is 56.6 Å². The predicted octanol–water partition coefficient (Wildman–Crippen LogP) is 4.42. The number of ether oxygens (including phenoxy) is 1. The van der Waals surface area contributed by atoms with Gasteiger partial charge in [-0.25, -0.2) is 0 Å². The van der Waals surface area contributed by atoms with Crippen LogP contribution in [-0.2, 0) is 6.42 Å². The number of rotatable bonds is 8. The van der Waals surface area contributed by atoms with Crippen LogP contribution < -0.4 is 4.74 Å². The zero-order chi connectivity index (χ0) is 19.0. The summed E-state index contributed by atoms with van der Waals surface area (Å²) in [5.74, 6) is 0.903. The molecule has 27 heavy (non-hydrogen) atoms. The monoisotopic (exact) mass is 365 g/mol. The lowest BCUT2D eigenvalue weighted by molar-refractivity contribution is 0.0308. The van der Waals surface area contributed by atoms with Gasteiger partial charge in [-0.1, -0.05) is 60.7 Å². The third-order valence-corrected chi connectivity index (χ3v) is 5.66. The van der Waals surface area contributed by atoms with Crippen LogP contribution in [0.2, 0.25) is 0 Å². The number of piperidine rings is 1. The molecule has 0 bridgehead atoms. The summed E-state index contributed by atoms with van der Waals surface area (Å²) < 4.78 is 5.41. The molecule has 0 aromatic heterocycles. The number of likely N-dealkylation sites (tertiary alicyclic amines) is 1. The van der Waals surface area contributed by atoms with E-state index in [-0.39, 0.29) is 12.0 Å². The van der Waals surface area contributed by atoms with Crippen molar-refractivity contribution < 1.29 is 9.84 Å². The molecule has 0 amide bonds. The molecule has 1 heterocycles. The van der Waals surface area contributed by atoms with Crippen molar-refractivity contribution in [2.75, 3.05) is 33.4 Å². The number of aliphatic hydroxyl groups is 1. The summed E-state index contributed by atoms with van der Waals surface area (Å²) in [5.41, 5.74) is 2.49. The van der Waals surface area contributed by atoms with Crippen molar-refractivity contribution in [3.8, 4) is 5.75 Å². The Hall–Kier alpha value is -2.10. The summed E-state index contributed by atoms with van der Waals surface area (Å²) in [6.45, 7) is 3.24. The highest BCUT2D eigenvalue weighted by molar-refractivity contribution is 5.57. The lowest BCUT2D eigenvalue weighted by atomic mass is 9.76. The van der Waals surface area contributed by atoms with Gasteiger partial charge in [-0.15, -0.1) is 0 Å². The highest BCUT2D eigenvalue weighted by Gasteiger charge is 2.34. The smallest absolute Gasteiger partial charge is 0.126 e. The van der Waals surface area contributed by atoms with Crippen molar-refractivity contribution in [2.24, 2.45) is 5.41 Å². The normalized spacial score (nSPS) is 20.8. The summed E-state index contributed by atoms with van der Waals surface area (Å²) in [6, 6.07) is 18.7. The van der Waals surface area contributed by atoms with Crippen molar-refractivity contribution >= 4 is 6.08 Å². The van der Waals surface area contributed by atoms with Crippen molar-refractivity contribution in [1.82, 2.24) is 4.90 Å². The minimum atomic E-state index is 0.0202. The Morgan fingerprint density at radius 2 is 1.89 bits per heavy atom. The molecule has 144 valence electrons. The molecule has 1 aliphatic rings. The van der Waals surface area contributed by atoms with Crippen LogP contribution in [0.4, 0.5) is 0 Å². The fourth-order valence-electron chi connectivity index (χ4n) is 4.07. The van der Waals surface area contributed by atoms with Gasteiger partial charge in [-0.05, 0) is 43.9 Å². The van der Waals surface area contributed by atoms with Gasteiger partial charge in [0.25, 0.3) is 0 Å². The van der Waals surface area contributed by atoms with Gasteiger partial charge in [-0.2, -0.15) is 0 Å². The number of methoxy groups -OCH3 is 1. The largest absolute Gasteiger partial charge is 0.496 e. The third-order valence-electron chi connectivity index (χ3n) is 5.66. The summed E-state index contributed by atoms with van der Waals surface area (Å²) >= 11 is 0. The lowest BCUT2D eigenvalue weighted by Crippen LogP contribution is -2.45.